The van der Waals surface area contributed by atoms with Crippen molar-refractivity contribution in [1.29, 1.82) is 0 Å². The van der Waals surface area contributed by atoms with Crippen molar-refractivity contribution in [2.45, 2.75) is 58.2 Å². The second-order valence-corrected chi connectivity index (χ2v) is 13.7. The number of anilines is 1. The molecule has 0 aliphatic rings. The van der Waals surface area contributed by atoms with Crippen LogP contribution >= 0.6 is 34.8 Å². The maximum absolute atomic E-state index is 14.0. The molecule has 238 valence electrons. The van der Waals surface area contributed by atoms with Crippen LogP contribution in [0.5, 0.6) is 5.75 Å². The van der Waals surface area contributed by atoms with E-state index in [2.05, 4.69) is 5.32 Å². The number of methoxy groups -OCH3 is 1. The molecule has 0 bridgehead atoms. The van der Waals surface area contributed by atoms with Crippen LogP contribution in [-0.2, 0) is 32.6 Å². The molecule has 3 rings (SSSR count). The first kappa shape index (κ1) is 35.5. The first-order chi connectivity index (χ1) is 20.8. The quantitative estimate of drug-likeness (QED) is 0.191. The topological polar surface area (TPSA) is 96.0 Å². The molecule has 0 radical (unpaired) electrons. The van der Waals surface area contributed by atoms with Crippen LogP contribution < -0.4 is 14.4 Å². The molecule has 8 nitrogen and oxygen atoms in total. The summed E-state index contributed by atoms with van der Waals surface area (Å²) >= 11 is 18.9. The molecular weight excluding hydrogens is 645 g/mol. The minimum absolute atomic E-state index is 0.0190. The van der Waals surface area contributed by atoms with Crippen molar-refractivity contribution in [2.75, 3.05) is 24.2 Å². The predicted octanol–water partition coefficient (Wildman–Crippen LogP) is 6.76. The zero-order chi connectivity index (χ0) is 32.4. The van der Waals surface area contributed by atoms with E-state index < -0.39 is 16.1 Å². The third kappa shape index (κ3) is 10.0. The van der Waals surface area contributed by atoms with Gasteiger partial charge in [-0.3, -0.25) is 13.9 Å². The Kier molecular flexibility index (Phi) is 13.2. The maximum Gasteiger partial charge on any atom is 0.243 e. The second kappa shape index (κ2) is 16.4. The van der Waals surface area contributed by atoms with E-state index in [9.17, 15) is 18.0 Å². The number of carbonyl (C=O) groups is 2. The fourth-order valence-electron chi connectivity index (χ4n) is 4.64. The lowest BCUT2D eigenvalue weighted by atomic mass is 10.0. The Morgan fingerprint density at radius 2 is 1.68 bits per heavy atom. The number of carbonyl (C=O) groups excluding carboxylic acids is 2. The number of nitrogens with zero attached hydrogens (tertiary/aromatic N) is 2. The summed E-state index contributed by atoms with van der Waals surface area (Å²) < 4.78 is 31.8. The number of sulfonamides is 1. The van der Waals surface area contributed by atoms with Gasteiger partial charge in [0.15, 0.2) is 0 Å². The van der Waals surface area contributed by atoms with Crippen molar-refractivity contribution in [2.24, 2.45) is 0 Å². The molecule has 0 heterocycles. The number of hydrogen-bond acceptors (Lipinski definition) is 5. The Labute approximate surface area is 275 Å². The summed E-state index contributed by atoms with van der Waals surface area (Å²) in [5, 5.41) is 4.11. The Hall–Kier alpha value is -2.98. The molecule has 2 atom stereocenters. The lowest BCUT2D eigenvalue weighted by molar-refractivity contribution is -0.141. The Morgan fingerprint density at radius 1 is 0.977 bits per heavy atom. The summed E-state index contributed by atoms with van der Waals surface area (Å²) in [6.07, 6.45) is 2.25. The number of amides is 2. The van der Waals surface area contributed by atoms with Crippen LogP contribution in [0.3, 0.4) is 0 Å². The van der Waals surface area contributed by atoms with Crippen molar-refractivity contribution in [3.63, 3.8) is 0 Å². The summed E-state index contributed by atoms with van der Waals surface area (Å²) in [6, 6.07) is 18.2. The molecule has 0 aliphatic carbocycles. The standard InChI is InChI=1S/C32H38Cl3N3O5S/c1-5-22(2)36-32(40)29(18-23-10-7-6-8-11-23)37(21-24-13-14-25(33)19-27(24)34)31(39)12-9-17-38(44(4,41)42)26-15-16-30(43-3)28(35)20-26/h6-8,10-11,13-16,19-20,22,29H,5,9,12,17-18,21H2,1-4H3,(H,36,40)/t22-,29+/m0/s1. The smallest absolute Gasteiger partial charge is 0.243 e. The van der Waals surface area contributed by atoms with Gasteiger partial charge in [-0.25, -0.2) is 8.42 Å². The van der Waals surface area contributed by atoms with E-state index in [0.717, 1.165) is 18.2 Å². The van der Waals surface area contributed by atoms with Crippen LogP contribution in [0.4, 0.5) is 5.69 Å². The minimum Gasteiger partial charge on any atom is -0.495 e. The minimum atomic E-state index is -3.70. The molecule has 12 heteroatoms. The third-order valence-corrected chi connectivity index (χ3v) is 9.28. The number of nitrogens with one attached hydrogen (secondary N) is 1. The molecular formula is C32H38Cl3N3O5S. The van der Waals surface area contributed by atoms with Gasteiger partial charge in [0.25, 0.3) is 0 Å². The monoisotopic (exact) mass is 681 g/mol. The van der Waals surface area contributed by atoms with Crippen molar-refractivity contribution in [3.8, 4) is 5.75 Å². The van der Waals surface area contributed by atoms with Gasteiger partial charge in [0, 0.05) is 42.0 Å². The average molecular weight is 683 g/mol. The Bertz CT molecular complexity index is 1540. The van der Waals surface area contributed by atoms with Gasteiger partial charge in [0.2, 0.25) is 21.8 Å². The van der Waals surface area contributed by atoms with Gasteiger partial charge in [-0.15, -0.1) is 0 Å². The summed E-state index contributed by atoms with van der Waals surface area (Å²) in [4.78, 5) is 29.2. The molecule has 1 N–H and O–H groups in total. The van der Waals surface area contributed by atoms with Crippen LogP contribution in [0.25, 0.3) is 0 Å². The van der Waals surface area contributed by atoms with Crippen LogP contribution in [0.1, 0.15) is 44.2 Å². The van der Waals surface area contributed by atoms with Gasteiger partial charge in [0.05, 0.1) is 24.1 Å². The summed E-state index contributed by atoms with van der Waals surface area (Å²) in [6.45, 7) is 3.96. The molecule has 0 saturated carbocycles. The molecule has 0 spiro atoms. The normalized spacial score (nSPS) is 12.7. The molecule has 3 aromatic rings. The van der Waals surface area contributed by atoms with Gasteiger partial charge in [-0.2, -0.15) is 0 Å². The average Bonchev–Trinajstić information content (AvgIpc) is 2.97. The number of ether oxygens (including phenoxy) is 1. The van der Waals surface area contributed by atoms with Crippen molar-refractivity contribution >= 4 is 62.3 Å². The third-order valence-electron chi connectivity index (χ3n) is 7.20. The molecule has 3 aromatic carbocycles. The van der Waals surface area contributed by atoms with E-state index in [1.165, 1.54) is 22.4 Å². The zero-order valence-corrected chi connectivity index (χ0v) is 28.3. The van der Waals surface area contributed by atoms with E-state index in [4.69, 9.17) is 39.5 Å². The largest absolute Gasteiger partial charge is 0.495 e. The van der Waals surface area contributed by atoms with E-state index in [1.807, 2.05) is 44.2 Å². The number of benzene rings is 3. The maximum atomic E-state index is 14.0. The molecule has 0 saturated heterocycles. The molecule has 0 aliphatic heterocycles. The van der Waals surface area contributed by atoms with Gasteiger partial charge < -0.3 is 15.0 Å². The highest BCUT2D eigenvalue weighted by Crippen LogP contribution is 2.31. The van der Waals surface area contributed by atoms with E-state index in [0.29, 0.717) is 27.0 Å². The van der Waals surface area contributed by atoms with Crippen LogP contribution in [0, 0.1) is 0 Å². The van der Waals surface area contributed by atoms with Gasteiger partial charge in [-0.1, -0.05) is 78.1 Å². The van der Waals surface area contributed by atoms with E-state index in [1.54, 1.807) is 30.3 Å². The van der Waals surface area contributed by atoms with Crippen molar-refractivity contribution in [1.82, 2.24) is 10.2 Å². The van der Waals surface area contributed by atoms with Crippen LogP contribution in [-0.4, -0.2) is 57.1 Å². The molecule has 0 aromatic heterocycles. The number of hydrogen-bond donors (Lipinski definition) is 1. The van der Waals surface area contributed by atoms with Crippen molar-refractivity contribution in [3.05, 3.63) is 92.9 Å². The Balaban J connectivity index is 1.92. The van der Waals surface area contributed by atoms with Gasteiger partial charge in [0.1, 0.15) is 11.8 Å². The van der Waals surface area contributed by atoms with Crippen LogP contribution in [0.15, 0.2) is 66.7 Å². The number of halogens is 3. The zero-order valence-electron chi connectivity index (χ0n) is 25.2. The highest BCUT2D eigenvalue weighted by Gasteiger charge is 2.31. The SMILES string of the molecule is CC[C@H](C)NC(=O)[C@@H](Cc1ccccc1)N(Cc1ccc(Cl)cc1Cl)C(=O)CCCN(c1ccc(OC)c(Cl)c1)S(C)(=O)=O. The number of rotatable bonds is 15. The van der Waals surface area contributed by atoms with E-state index in [-0.39, 0.29) is 55.2 Å². The van der Waals surface area contributed by atoms with E-state index >= 15 is 0 Å². The second-order valence-electron chi connectivity index (χ2n) is 10.5. The lowest BCUT2D eigenvalue weighted by Crippen LogP contribution is -2.52. The Morgan fingerprint density at radius 3 is 2.27 bits per heavy atom. The molecule has 2 amide bonds. The van der Waals surface area contributed by atoms with Gasteiger partial charge >= 0.3 is 0 Å². The predicted molar refractivity (Wildman–Crippen MR) is 178 cm³/mol. The molecule has 0 fully saturated rings. The summed E-state index contributed by atoms with van der Waals surface area (Å²) in [5.74, 6) is -0.194. The first-order valence-corrected chi connectivity index (χ1v) is 17.2. The fourth-order valence-corrected chi connectivity index (χ4v) is 6.32. The lowest BCUT2D eigenvalue weighted by Gasteiger charge is -2.33. The molecule has 44 heavy (non-hydrogen) atoms. The van der Waals surface area contributed by atoms with Crippen molar-refractivity contribution < 1.29 is 22.7 Å². The highest BCUT2D eigenvalue weighted by molar-refractivity contribution is 7.92. The van der Waals surface area contributed by atoms with Gasteiger partial charge in [-0.05, 0) is 61.2 Å². The summed E-state index contributed by atoms with van der Waals surface area (Å²) in [5.41, 5.74) is 1.87. The first-order valence-electron chi connectivity index (χ1n) is 14.2. The van der Waals surface area contributed by atoms with Crippen LogP contribution in [0.2, 0.25) is 15.1 Å². The fraction of sp³-hybridized carbons (Fsp3) is 0.375. The highest BCUT2D eigenvalue weighted by atomic mass is 35.5. The molecule has 0 unspecified atom stereocenters. The summed E-state index contributed by atoms with van der Waals surface area (Å²) in [7, 11) is -2.23.